The molecule has 1 aromatic carbocycles. The lowest BCUT2D eigenvalue weighted by Crippen LogP contribution is -2.12. The van der Waals surface area contributed by atoms with Crippen LogP contribution in [0.2, 0.25) is 0 Å². The number of amides is 1. The molecular weight excluding hydrogens is 299 g/mol. The molecule has 7 heteroatoms. The highest BCUT2D eigenvalue weighted by molar-refractivity contribution is 5.92. The first-order valence-electron chi connectivity index (χ1n) is 6.48. The van der Waals surface area contributed by atoms with E-state index in [9.17, 15) is 19.7 Å². The van der Waals surface area contributed by atoms with Crippen molar-refractivity contribution in [1.82, 2.24) is 4.98 Å². The van der Waals surface area contributed by atoms with Gasteiger partial charge in [-0.05, 0) is 6.07 Å². The lowest BCUT2D eigenvalue weighted by molar-refractivity contribution is -0.114. The molecule has 0 atom stereocenters. The third kappa shape index (κ3) is 2.94. The molecule has 0 aliphatic rings. The Kier molecular flexibility index (Phi) is 4.53. The number of nitrogens with zero attached hydrogens (tertiary/aromatic N) is 3. The number of ether oxygens (including phenoxy) is 1. The van der Waals surface area contributed by atoms with Crippen LogP contribution >= 0.6 is 0 Å². The standard InChI is InChI=1S/C16H11FN4O2/c1-9(22)20-15-11(7-18)14(10-5-3-4-6-13(10)17)12(8-19)16(21-15)23-2/h3-6H,1-2H3,(H,20,21,22). The van der Waals surface area contributed by atoms with Gasteiger partial charge in [-0.1, -0.05) is 18.2 Å². The number of rotatable bonds is 3. The molecule has 1 aromatic heterocycles. The van der Waals surface area contributed by atoms with E-state index in [1.807, 2.05) is 12.1 Å². The van der Waals surface area contributed by atoms with Crippen LogP contribution in [0.4, 0.5) is 10.2 Å². The average molecular weight is 310 g/mol. The van der Waals surface area contributed by atoms with E-state index >= 15 is 0 Å². The first-order valence-corrected chi connectivity index (χ1v) is 6.48. The quantitative estimate of drug-likeness (QED) is 0.939. The molecule has 0 saturated heterocycles. The van der Waals surface area contributed by atoms with Gasteiger partial charge in [0, 0.05) is 18.1 Å². The highest BCUT2D eigenvalue weighted by atomic mass is 19.1. The van der Waals surface area contributed by atoms with Gasteiger partial charge in [0.1, 0.15) is 29.1 Å². The SMILES string of the molecule is COc1nc(NC(C)=O)c(C#N)c(-c2ccccc2F)c1C#N. The second-order valence-electron chi connectivity index (χ2n) is 4.48. The van der Waals surface area contributed by atoms with E-state index in [0.29, 0.717) is 0 Å². The van der Waals surface area contributed by atoms with E-state index in [1.54, 1.807) is 6.07 Å². The Bertz CT molecular complexity index is 866. The summed E-state index contributed by atoms with van der Waals surface area (Å²) in [6.07, 6.45) is 0. The Morgan fingerprint density at radius 2 is 1.91 bits per heavy atom. The lowest BCUT2D eigenvalue weighted by Gasteiger charge is -2.14. The number of anilines is 1. The van der Waals surface area contributed by atoms with Gasteiger partial charge in [-0.2, -0.15) is 15.5 Å². The van der Waals surface area contributed by atoms with Crippen molar-refractivity contribution in [1.29, 1.82) is 10.5 Å². The van der Waals surface area contributed by atoms with Crippen molar-refractivity contribution >= 4 is 11.7 Å². The third-order valence-electron chi connectivity index (χ3n) is 3.02. The van der Waals surface area contributed by atoms with Crippen molar-refractivity contribution in [3.8, 4) is 29.1 Å². The summed E-state index contributed by atoms with van der Waals surface area (Å²) in [7, 11) is 1.29. The number of hydrogen-bond donors (Lipinski definition) is 1. The van der Waals surface area contributed by atoms with Gasteiger partial charge in [0.05, 0.1) is 7.11 Å². The number of hydrogen-bond acceptors (Lipinski definition) is 5. The van der Waals surface area contributed by atoms with E-state index in [1.165, 1.54) is 32.2 Å². The zero-order valence-corrected chi connectivity index (χ0v) is 12.3. The summed E-state index contributed by atoms with van der Waals surface area (Å²) in [5, 5.41) is 21.2. The molecule has 1 N–H and O–H groups in total. The van der Waals surface area contributed by atoms with Gasteiger partial charge < -0.3 is 10.1 Å². The van der Waals surface area contributed by atoms with Gasteiger partial charge in [-0.15, -0.1) is 0 Å². The summed E-state index contributed by atoms with van der Waals surface area (Å²) in [4.78, 5) is 15.3. The molecule has 0 unspecified atom stereocenters. The van der Waals surface area contributed by atoms with Crippen LogP contribution in [0.3, 0.4) is 0 Å². The number of nitriles is 2. The van der Waals surface area contributed by atoms with Gasteiger partial charge in [-0.3, -0.25) is 4.79 Å². The molecule has 0 aliphatic carbocycles. The molecule has 0 fully saturated rings. The van der Waals surface area contributed by atoms with Gasteiger partial charge >= 0.3 is 0 Å². The maximum absolute atomic E-state index is 14.2. The fourth-order valence-electron chi connectivity index (χ4n) is 2.11. The van der Waals surface area contributed by atoms with Crippen molar-refractivity contribution in [2.24, 2.45) is 0 Å². The molecule has 0 aliphatic heterocycles. The topological polar surface area (TPSA) is 98.8 Å². The van der Waals surface area contributed by atoms with Crippen LogP contribution in [0.5, 0.6) is 5.88 Å². The summed E-state index contributed by atoms with van der Waals surface area (Å²) in [6.45, 7) is 1.25. The van der Waals surface area contributed by atoms with Crippen LogP contribution in [0.25, 0.3) is 11.1 Å². The van der Waals surface area contributed by atoms with Crippen LogP contribution in [-0.2, 0) is 4.79 Å². The van der Waals surface area contributed by atoms with Gasteiger partial charge in [-0.25, -0.2) is 4.39 Å². The van der Waals surface area contributed by atoms with E-state index in [2.05, 4.69) is 10.3 Å². The fourth-order valence-corrected chi connectivity index (χ4v) is 2.11. The second kappa shape index (κ2) is 6.54. The minimum absolute atomic E-state index is 0.0312. The molecule has 0 spiro atoms. The number of methoxy groups -OCH3 is 1. The second-order valence-corrected chi connectivity index (χ2v) is 4.48. The molecule has 0 saturated carbocycles. The average Bonchev–Trinajstić information content (AvgIpc) is 2.53. The van der Waals surface area contributed by atoms with Crippen molar-refractivity contribution < 1.29 is 13.9 Å². The molecule has 6 nitrogen and oxygen atoms in total. The number of nitrogens with one attached hydrogen (secondary N) is 1. The molecule has 114 valence electrons. The molecule has 1 amide bonds. The number of benzene rings is 1. The summed E-state index contributed by atoms with van der Waals surface area (Å²) in [6, 6.07) is 9.46. The maximum Gasteiger partial charge on any atom is 0.234 e. The van der Waals surface area contributed by atoms with Crippen LogP contribution in [-0.4, -0.2) is 18.0 Å². The van der Waals surface area contributed by atoms with Gasteiger partial charge in [0.15, 0.2) is 5.82 Å². The molecule has 2 aromatic rings. The summed E-state index contributed by atoms with van der Waals surface area (Å²) in [5.41, 5.74) is -0.109. The first kappa shape index (κ1) is 15.9. The van der Waals surface area contributed by atoms with Crippen LogP contribution < -0.4 is 10.1 Å². The van der Waals surface area contributed by atoms with Crippen LogP contribution in [0.1, 0.15) is 18.1 Å². The van der Waals surface area contributed by atoms with Crippen LogP contribution in [0.15, 0.2) is 24.3 Å². The highest BCUT2D eigenvalue weighted by Gasteiger charge is 2.24. The minimum atomic E-state index is -0.609. The predicted molar refractivity (Wildman–Crippen MR) is 79.9 cm³/mol. The Morgan fingerprint density at radius 3 is 2.43 bits per heavy atom. The Balaban J connectivity index is 2.92. The van der Waals surface area contributed by atoms with Crippen molar-refractivity contribution in [3.63, 3.8) is 0 Å². The monoisotopic (exact) mass is 310 g/mol. The number of aromatic nitrogens is 1. The van der Waals surface area contributed by atoms with Gasteiger partial charge in [0.2, 0.25) is 11.8 Å². The number of carbonyl (C=O) groups excluding carboxylic acids is 1. The van der Waals surface area contributed by atoms with Crippen LogP contribution in [0, 0.1) is 28.5 Å². The maximum atomic E-state index is 14.2. The molecule has 23 heavy (non-hydrogen) atoms. The normalized spacial score (nSPS) is 9.61. The van der Waals surface area contributed by atoms with Crippen molar-refractivity contribution in [2.75, 3.05) is 12.4 Å². The summed E-state index contributed by atoms with van der Waals surface area (Å²) < 4.78 is 19.2. The van der Waals surface area contributed by atoms with Crippen molar-refractivity contribution in [2.45, 2.75) is 6.92 Å². The zero-order chi connectivity index (χ0) is 17.0. The smallest absolute Gasteiger partial charge is 0.234 e. The van der Waals surface area contributed by atoms with Crippen molar-refractivity contribution in [3.05, 3.63) is 41.2 Å². The summed E-state index contributed by atoms with van der Waals surface area (Å²) in [5.74, 6) is -1.26. The number of carbonyl (C=O) groups is 1. The Hall–Kier alpha value is -3.45. The Labute approximate surface area is 131 Å². The largest absolute Gasteiger partial charge is 0.480 e. The van der Waals surface area contributed by atoms with Gasteiger partial charge in [0.25, 0.3) is 0 Å². The first-order chi connectivity index (χ1) is 11.0. The molecular formula is C16H11FN4O2. The zero-order valence-electron chi connectivity index (χ0n) is 12.3. The molecule has 0 radical (unpaired) electrons. The number of halogens is 1. The van der Waals surface area contributed by atoms with E-state index in [-0.39, 0.29) is 34.0 Å². The third-order valence-corrected chi connectivity index (χ3v) is 3.02. The van der Waals surface area contributed by atoms with E-state index < -0.39 is 11.7 Å². The highest BCUT2D eigenvalue weighted by Crippen LogP contribution is 2.36. The minimum Gasteiger partial charge on any atom is -0.480 e. The van der Waals surface area contributed by atoms with E-state index in [0.717, 1.165) is 0 Å². The Morgan fingerprint density at radius 1 is 1.26 bits per heavy atom. The molecule has 0 bridgehead atoms. The fraction of sp³-hybridized carbons (Fsp3) is 0.125. The molecule has 2 rings (SSSR count). The summed E-state index contributed by atoms with van der Waals surface area (Å²) >= 11 is 0. The number of pyridine rings is 1. The molecule has 1 heterocycles. The predicted octanol–water partition coefficient (Wildman–Crippen LogP) is 2.60. The van der Waals surface area contributed by atoms with E-state index in [4.69, 9.17) is 4.74 Å². The lowest BCUT2D eigenvalue weighted by atomic mass is 9.96.